The average Bonchev–Trinajstić information content (AvgIpc) is 2.80. The Morgan fingerprint density at radius 3 is 2.16 bits per heavy atom. The topological polar surface area (TPSA) is 134 Å². The van der Waals surface area contributed by atoms with E-state index in [9.17, 15) is 30.0 Å². The van der Waals surface area contributed by atoms with Crippen molar-refractivity contribution in [3.05, 3.63) is 12.2 Å². The van der Waals surface area contributed by atoms with Crippen molar-refractivity contribution in [3.8, 4) is 0 Å². The highest BCUT2D eigenvalue weighted by molar-refractivity contribution is 5.81. The second-order valence-corrected chi connectivity index (χ2v) is 13.4. The highest BCUT2D eigenvalue weighted by Gasteiger charge is 2.51. The van der Waals surface area contributed by atoms with Crippen LogP contribution in [0.15, 0.2) is 12.2 Å². The van der Waals surface area contributed by atoms with Crippen molar-refractivity contribution in [2.24, 2.45) is 29.6 Å². The van der Waals surface area contributed by atoms with Crippen molar-refractivity contribution < 1.29 is 39.5 Å². The van der Waals surface area contributed by atoms with E-state index in [-0.39, 0.29) is 43.4 Å². The lowest BCUT2D eigenvalue weighted by atomic mass is 9.71. The minimum Gasteiger partial charge on any atom is -0.457 e. The zero-order chi connectivity index (χ0) is 29.3. The van der Waals surface area contributed by atoms with E-state index in [1.807, 2.05) is 39.8 Å². The summed E-state index contributed by atoms with van der Waals surface area (Å²) in [5.41, 5.74) is -6.15. The quantitative estimate of drug-likeness (QED) is 0.242. The standard InChI is InChI=1S/C30H52O8/c1-18(2)22-17-28(9,35)24(16-23(22)31)37-26(33)30(36,20(5)6)15-14-27(8,34)25(32)38-29(19(3)4)12-10-21(7)11-13-29/h10,12,18-24,31,34-36H,11,13-17H2,1-9H3. The fourth-order valence-electron chi connectivity index (χ4n) is 5.57. The fourth-order valence-corrected chi connectivity index (χ4v) is 5.57. The summed E-state index contributed by atoms with van der Waals surface area (Å²) in [5, 5.41) is 44.1. The summed E-state index contributed by atoms with van der Waals surface area (Å²) in [7, 11) is 0. The van der Waals surface area contributed by atoms with Crippen molar-refractivity contribution in [2.75, 3.05) is 0 Å². The zero-order valence-corrected chi connectivity index (χ0v) is 24.9. The van der Waals surface area contributed by atoms with Crippen LogP contribution in [-0.2, 0) is 19.1 Å². The molecular weight excluding hydrogens is 488 g/mol. The molecule has 0 aromatic heterocycles. The smallest absolute Gasteiger partial charge is 0.338 e. The Labute approximate surface area is 228 Å². The van der Waals surface area contributed by atoms with Crippen LogP contribution in [0, 0.1) is 29.6 Å². The number of aliphatic hydroxyl groups excluding tert-OH is 1. The first-order chi connectivity index (χ1) is 17.3. The van der Waals surface area contributed by atoms with Gasteiger partial charge < -0.3 is 29.9 Å². The van der Waals surface area contributed by atoms with Gasteiger partial charge in [-0.15, -0.1) is 0 Å². The average molecular weight is 541 g/mol. The second-order valence-electron chi connectivity index (χ2n) is 13.4. The lowest BCUT2D eigenvalue weighted by Crippen LogP contribution is -2.56. The summed E-state index contributed by atoms with van der Waals surface area (Å²) in [6.45, 7) is 16.2. The molecule has 38 heavy (non-hydrogen) atoms. The first-order valence-electron chi connectivity index (χ1n) is 14.3. The number of aliphatic hydroxyl groups is 4. The molecule has 8 unspecified atom stereocenters. The van der Waals surface area contributed by atoms with Gasteiger partial charge in [-0.25, -0.2) is 9.59 Å². The van der Waals surface area contributed by atoms with Gasteiger partial charge in [0.1, 0.15) is 11.7 Å². The van der Waals surface area contributed by atoms with Gasteiger partial charge in [0.15, 0.2) is 11.2 Å². The van der Waals surface area contributed by atoms with Crippen LogP contribution >= 0.6 is 0 Å². The Kier molecular flexibility index (Phi) is 10.3. The Morgan fingerprint density at radius 2 is 1.68 bits per heavy atom. The van der Waals surface area contributed by atoms with Gasteiger partial charge in [-0.05, 0) is 81.6 Å². The van der Waals surface area contributed by atoms with Crippen LogP contribution in [0.25, 0.3) is 0 Å². The number of esters is 2. The van der Waals surface area contributed by atoms with Gasteiger partial charge in [0.05, 0.1) is 11.7 Å². The maximum absolute atomic E-state index is 13.3. The highest BCUT2D eigenvalue weighted by atomic mass is 16.6. The monoisotopic (exact) mass is 540 g/mol. The van der Waals surface area contributed by atoms with E-state index in [0.717, 1.165) is 6.42 Å². The molecule has 2 aliphatic carbocycles. The second kappa shape index (κ2) is 11.9. The van der Waals surface area contributed by atoms with E-state index in [2.05, 4.69) is 6.92 Å². The minimum atomic E-state index is -2.02. The lowest BCUT2D eigenvalue weighted by Gasteiger charge is -2.45. The number of carbonyl (C=O) groups excluding carboxylic acids is 2. The van der Waals surface area contributed by atoms with E-state index in [4.69, 9.17) is 9.47 Å². The Balaban J connectivity index is 2.14. The van der Waals surface area contributed by atoms with E-state index >= 15 is 0 Å². The lowest BCUT2D eigenvalue weighted by molar-refractivity contribution is -0.206. The van der Waals surface area contributed by atoms with E-state index in [0.29, 0.717) is 12.3 Å². The van der Waals surface area contributed by atoms with Crippen LogP contribution in [0.5, 0.6) is 0 Å². The molecule has 0 spiro atoms. The van der Waals surface area contributed by atoms with Crippen molar-refractivity contribution in [1.82, 2.24) is 0 Å². The molecule has 0 saturated heterocycles. The Hall–Kier alpha value is -1.48. The van der Waals surface area contributed by atoms with Crippen molar-refractivity contribution in [3.63, 3.8) is 0 Å². The molecule has 220 valence electrons. The van der Waals surface area contributed by atoms with Gasteiger partial charge in [0.25, 0.3) is 0 Å². The molecule has 2 rings (SSSR count). The summed E-state index contributed by atoms with van der Waals surface area (Å²) < 4.78 is 11.5. The van der Waals surface area contributed by atoms with Crippen LogP contribution in [0.2, 0.25) is 0 Å². The molecule has 0 aromatic rings. The van der Waals surface area contributed by atoms with E-state index in [1.165, 1.54) is 6.92 Å². The van der Waals surface area contributed by atoms with Crippen molar-refractivity contribution in [2.45, 2.75) is 135 Å². The van der Waals surface area contributed by atoms with Crippen LogP contribution < -0.4 is 0 Å². The van der Waals surface area contributed by atoms with Crippen LogP contribution in [0.1, 0.15) is 101 Å². The van der Waals surface area contributed by atoms with Crippen LogP contribution in [-0.4, -0.2) is 67.0 Å². The summed E-state index contributed by atoms with van der Waals surface area (Å²) in [6, 6.07) is 0. The molecular formula is C30H52O8. The van der Waals surface area contributed by atoms with Crippen molar-refractivity contribution >= 4 is 11.9 Å². The molecule has 0 heterocycles. The third kappa shape index (κ3) is 7.18. The van der Waals surface area contributed by atoms with Gasteiger partial charge >= 0.3 is 11.9 Å². The van der Waals surface area contributed by atoms with Crippen LogP contribution in [0.3, 0.4) is 0 Å². The SMILES string of the molecule is CC1C=CC(OC(=O)C(C)(O)CCC(O)(C(=O)OC2CC(O)C(C(C)C)CC2(C)O)C(C)C)(C(C)C)CC1. The summed E-state index contributed by atoms with van der Waals surface area (Å²) in [6.07, 6.45) is 3.54. The molecule has 0 aromatic carbocycles. The summed E-state index contributed by atoms with van der Waals surface area (Å²) >= 11 is 0. The Morgan fingerprint density at radius 1 is 1.08 bits per heavy atom. The van der Waals surface area contributed by atoms with E-state index in [1.54, 1.807) is 20.8 Å². The highest BCUT2D eigenvalue weighted by Crippen LogP contribution is 2.40. The number of allylic oxidation sites excluding steroid dienone is 1. The molecule has 8 atom stereocenters. The van der Waals surface area contributed by atoms with Gasteiger partial charge in [0, 0.05) is 6.42 Å². The maximum atomic E-state index is 13.3. The number of ether oxygens (including phenoxy) is 2. The Bertz CT molecular complexity index is 860. The van der Waals surface area contributed by atoms with Gasteiger partial charge in [0.2, 0.25) is 0 Å². The number of hydrogen-bond acceptors (Lipinski definition) is 8. The molecule has 0 aliphatic heterocycles. The molecule has 4 N–H and O–H groups in total. The molecule has 0 amide bonds. The molecule has 1 saturated carbocycles. The third-order valence-electron chi connectivity index (χ3n) is 9.10. The van der Waals surface area contributed by atoms with Gasteiger partial charge in [-0.2, -0.15) is 0 Å². The largest absolute Gasteiger partial charge is 0.457 e. The predicted octanol–water partition coefficient (Wildman–Crippen LogP) is 3.92. The maximum Gasteiger partial charge on any atom is 0.338 e. The first kappa shape index (κ1) is 32.7. The normalized spacial score (nSPS) is 35.2. The minimum absolute atomic E-state index is 0.00232. The van der Waals surface area contributed by atoms with Gasteiger partial charge in [-0.1, -0.05) is 54.5 Å². The first-order valence-corrected chi connectivity index (χ1v) is 14.3. The molecule has 1 fully saturated rings. The number of rotatable bonds is 10. The number of carbonyl (C=O) groups is 2. The zero-order valence-electron chi connectivity index (χ0n) is 24.9. The molecule has 8 nitrogen and oxygen atoms in total. The third-order valence-corrected chi connectivity index (χ3v) is 9.10. The molecule has 2 aliphatic rings. The number of hydrogen-bond donors (Lipinski definition) is 4. The van der Waals surface area contributed by atoms with Crippen molar-refractivity contribution in [1.29, 1.82) is 0 Å². The molecule has 0 bridgehead atoms. The predicted molar refractivity (Wildman–Crippen MR) is 145 cm³/mol. The van der Waals surface area contributed by atoms with Gasteiger partial charge in [-0.3, -0.25) is 0 Å². The summed E-state index contributed by atoms with van der Waals surface area (Å²) in [5.74, 6) is -1.96. The van der Waals surface area contributed by atoms with E-state index < -0.39 is 52.5 Å². The molecule has 0 radical (unpaired) electrons. The van der Waals surface area contributed by atoms with Crippen LogP contribution in [0.4, 0.5) is 0 Å². The molecule has 8 heteroatoms. The summed E-state index contributed by atoms with van der Waals surface area (Å²) in [4.78, 5) is 26.4. The fraction of sp³-hybridized carbons (Fsp3) is 0.867.